The summed E-state index contributed by atoms with van der Waals surface area (Å²) in [6.07, 6.45) is 1.50. The van der Waals surface area contributed by atoms with E-state index in [9.17, 15) is 14.9 Å². The predicted molar refractivity (Wildman–Crippen MR) is 126 cm³/mol. The second-order valence-corrected chi connectivity index (χ2v) is 8.38. The number of hydrazone groups is 1. The van der Waals surface area contributed by atoms with Gasteiger partial charge in [0.1, 0.15) is 12.4 Å². The Bertz CT molecular complexity index is 1110. The lowest BCUT2D eigenvalue weighted by Gasteiger charge is -2.11. The van der Waals surface area contributed by atoms with Crippen LogP contribution in [0.1, 0.15) is 21.5 Å². The molecule has 0 aliphatic carbocycles. The van der Waals surface area contributed by atoms with Crippen molar-refractivity contribution in [1.29, 1.82) is 0 Å². The van der Waals surface area contributed by atoms with Gasteiger partial charge in [-0.2, -0.15) is 5.10 Å². The predicted octanol–water partition coefficient (Wildman–Crippen LogP) is 6.12. The standard InChI is InChI=1S/C21H14Br2ClN3O4/c22-18-9-14(11-25-26-21(28)15-3-5-16(24)6-4-15)10-19(23)20(18)31-12-13-1-7-17(8-2-13)27(29)30/h1-11H,12H2,(H,26,28)/b25-11-. The average molecular weight is 568 g/mol. The van der Waals surface area contributed by atoms with E-state index in [2.05, 4.69) is 42.4 Å². The molecule has 1 amide bonds. The lowest BCUT2D eigenvalue weighted by molar-refractivity contribution is -0.384. The van der Waals surface area contributed by atoms with E-state index in [-0.39, 0.29) is 18.2 Å². The summed E-state index contributed by atoms with van der Waals surface area (Å²) in [6.45, 7) is 0.236. The smallest absolute Gasteiger partial charge is 0.271 e. The van der Waals surface area contributed by atoms with Gasteiger partial charge in [-0.3, -0.25) is 14.9 Å². The molecule has 0 fully saturated rings. The van der Waals surface area contributed by atoms with Gasteiger partial charge in [0.05, 0.1) is 20.1 Å². The zero-order valence-corrected chi connectivity index (χ0v) is 19.6. The summed E-state index contributed by atoms with van der Waals surface area (Å²) in [5.74, 6) is 0.217. The number of hydrogen-bond acceptors (Lipinski definition) is 5. The fraction of sp³-hybridized carbons (Fsp3) is 0.0476. The first-order chi connectivity index (χ1) is 14.8. The number of nitrogens with zero attached hydrogens (tertiary/aromatic N) is 2. The highest BCUT2D eigenvalue weighted by Gasteiger charge is 2.10. The van der Waals surface area contributed by atoms with Crippen molar-refractivity contribution in [3.05, 3.63) is 101 Å². The maximum Gasteiger partial charge on any atom is 0.271 e. The number of halogens is 3. The highest BCUT2D eigenvalue weighted by atomic mass is 79.9. The Hall–Kier alpha value is -2.75. The minimum Gasteiger partial charge on any atom is -0.487 e. The first-order valence-electron chi connectivity index (χ1n) is 8.77. The first kappa shape index (κ1) is 22.9. The maximum atomic E-state index is 12.1. The van der Waals surface area contributed by atoms with Gasteiger partial charge in [-0.15, -0.1) is 0 Å². The quantitative estimate of drug-likeness (QED) is 0.212. The number of amides is 1. The van der Waals surface area contributed by atoms with Crippen molar-refractivity contribution in [2.75, 3.05) is 0 Å². The van der Waals surface area contributed by atoms with E-state index in [0.717, 1.165) is 11.1 Å². The van der Waals surface area contributed by atoms with Crippen LogP contribution in [0.3, 0.4) is 0 Å². The largest absolute Gasteiger partial charge is 0.487 e. The topological polar surface area (TPSA) is 93.8 Å². The molecule has 0 saturated heterocycles. The van der Waals surface area contributed by atoms with Crippen LogP contribution in [-0.2, 0) is 6.61 Å². The van der Waals surface area contributed by atoms with Gasteiger partial charge >= 0.3 is 0 Å². The van der Waals surface area contributed by atoms with E-state index >= 15 is 0 Å². The fourth-order valence-corrected chi connectivity index (χ4v) is 4.07. The van der Waals surface area contributed by atoms with Crippen LogP contribution in [0.4, 0.5) is 5.69 Å². The van der Waals surface area contributed by atoms with Crippen LogP contribution in [0.15, 0.2) is 74.7 Å². The number of carbonyl (C=O) groups is 1. The summed E-state index contributed by atoms with van der Waals surface area (Å²) >= 11 is 12.7. The summed E-state index contributed by atoms with van der Waals surface area (Å²) in [5.41, 5.74) is 4.44. The molecule has 3 aromatic rings. The Morgan fingerprint density at radius 2 is 1.71 bits per heavy atom. The molecule has 0 spiro atoms. The average Bonchev–Trinajstić information content (AvgIpc) is 2.74. The van der Waals surface area contributed by atoms with Crippen molar-refractivity contribution >= 4 is 61.3 Å². The third kappa shape index (κ3) is 6.36. The molecule has 158 valence electrons. The Kier molecular flexibility index (Phi) is 7.78. The second kappa shape index (κ2) is 10.5. The molecule has 0 aliphatic rings. The summed E-state index contributed by atoms with van der Waals surface area (Å²) in [5, 5.41) is 15.3. The minimum atomic E-state index is -0.448. The number of nitro groups is 1. The lowest BCUT2D eigenvalue weighted by atomic mass is 10.2. The van der Waals surface area contributed by atoms with Crippen LogP contribution in [0.2, 0.25) is 5.02 Å². The number of carbonyl (C=O) groups excluding carboxylic acids is 1. The van der Waals surface area contributed by atoms with Crippen LogP contribution >= 0.6 is 43.5 Å². The van der Waals surface area contributed by atoms with Gasteiger partial charge in [-0.1, -0.05) is 11.6 Å². The van der Waals surface area contributed by atoms with E-state index in [4.69, 9.17) is 16.3 Å². The molecular formula is C21H14Br2ClN3O4. The van der Waals surface area contributed by atoms with Crippen LogP contribution < -0.4 is 10.2 Å². The third-order valence-electron chi connectivity index (χ3n) is 4.04. The highest BCUT2D eigenvalue weighted by molar-refractivity contribution is 9.11. The Labute approximate surface area is 199 Å². The molecule has 0 radical (unpaired) electrons. The number of hydrogen-bond donors (Lipinski definition) is 1. The Balaban J connectivity index is 1.62. The van der Waals surface area contributed by atoms with Crippen LogP contribution in [0.25, 0.3) is 0 Å². The molecule has 31 heavy (non-hydrogen) atoms. The van der Waals surface area contributed by atoms with Crippen LogP contribution in [0, 0.1) is 10.1 Å². The first-order valence-corrected chi connectivity index (χ1v) is 10.7. The van der Waals surface area contributed by atoms with Gasteiger partial charge in [0.25, 0.3) is 11.6 Å². The van der Waals surface area contributed by atoms with Gasteiger partial charge in [0, 0.05) is 22.7 Å². The summed E-state index contributed by atoms with van der Waals surface area (Å²) in [6, 6.07) is 16.2. The lowest BCUT2D eigenvalue weighted by Crippen LogP contribution is -2.17. The molecular weight excluding hydrogens is 554 g/mol. The van der Waals surface area contributed by atoms with Crippen molar-refractivity contribution in [2.45, 2.75) is 6.61 Å². The Morgan fingerprint density at radius 3 is 2.29 bits per heavy atom. The molecule has 1 N–H and O–H groups in total. The van der Waals surface area contributed by atoms with Crippen molar-refractivity contribution in [1.82, 2.24) is 5.43 Å². The molecule has 0 aliphatic heterocycles. The molecule has 0 aromatic heterocycles. The summed E-state index contributed by atoms with van der Waals surface area (Å²) < 4.78 is 7.18. The van der Waals surface area contributed by atoms with Crippen LogP contribution in [0.5, 0.6) is 5.75 Å². The molecule has 7 nitrogen and oxygen atoms in total. The molecule has 0 heterocycles. The number of benzene rings is 3. The monoisotopic (exact) mass is 565 g/mol. The number of nitro benzene ring substituents is 1. The van der Waals surface area contributed by atoms with Gasteiger partial charge in [-0.05, 0) is 91.5 Å². The molecule has 3 aromatic carbocycles. The molecule has 0 unspecified atom stereocenters. The second-order valence-electron chi connectivity index (χ2n) is 6.23. The maximum absolute atomic E-state index is 12.1. The normalized spacial score (nSPS) is 10.8. The highest BCUT2D eigenvalue weighted by Crippen LogP contribution is 2.35. The van der Waals surface area contributed by atoms with Gasteiger partial charge in [-0.25, -0.2) is 5.43 Å². The molecule has 0 saturated carbocycles. The SMILES string of the molecule is O=C(N/N=C\c1cc(Br)c(OCc2ccc([N+](=O)[O-])cc2)c(Br)c1)c1ccc(Cl)cc1. The number of rotatable bonds is 7. The van der Waals surface area contributed by atoms with Crippen molar-refractivity contribution in [3.63, 3.8) is 0 Å². The van der Waals surface area contributed by atoms with Crippen molar-refractivity contribution < 1.29 is 14.5 Å². The minimum absolute atomic E-state index is 0.0258. The van der Waals surface area contributed by atoms with E-state index in [1.165, 1.54) is 18.3 Å². The Morgan fingerprint density at radius 1 is 1.10 bits per heavy atom. The molecule has 0 atom stereocenters. The summed E-state index contributed by atoms with van der Waals surface area (Å²) in [4.78, 5) is 22.4. The fourth-order valence-electron chi connectivity index (χ4n) is 2.49. The summed E-state index contributed by atoms with van der Waals surface area (Å²) in [7, 11) is 0. The zero-order valence-electron chi connectivity index (χ0n) is 15.7. The molecule has 10 heteroatoms. The van der Waals surface area contributed by atoms with E-state index < -0.39 is 4.92 Å². The number of non-ortho nitro benzene ring substituents is 1. The van der Waals surface area contributed by atoms with Gasteiger partial charge in [0.15, 0.2) is 0 Å². The van der Waals surface area contributed by atoms with E-state index in [1.54, 1.807) is 48.5 Å². The van der Waals surface area contributed by atoms with Crippen LogP contribution in [-0.4, -0.2) is 17.0 Å². The van der Waals surface area contributed by atoms with E-state index in [0.29, 0.717) is 25.3 Å². The molecule has 0 bridgehead atoms. The third-order valence-corrected chi connectivity index (χ3v) is 5.47. The van der Waals surface area contributed by atoms with Gasteiger partial charge < -0.3 is 4.74 Å². The van der Waals surface area contributed by atoms with Crippen molar-refractivity contribution in [2.24, 2.45) is 5.10 Å². The zero-order chi connectivity index (χ0) is 22.4. The molecule has 3 rings (SSSR count). The number of ether oxygens (including phenoxy) is 1. The van der Waals surface area contributed by atoms with Crippen molar-refractivity contribution in [3.8, 4) is 5.75 Å². The van der Waals surface area contributed by atoms with Gasteiger partial charge in [0.2, 0.25) is 0 Å². The number of nitrogens with one attached hydrogen (secondary N) is 1. The van der Waals surface area contributed by atoms with E-state index in [1.807, 2.05) is 0 Å².